The Morgan fingerprint density at radius 3 is 3.22 bits per heavy atom. The molecule has 0 aliphatic carbocycles. The van der Waals surface area contributed by atoms with Crippen LogP contribution in [-0.4, -0.2) is 36.3 Å². The fourth-order valence-corrected chi connectivity index (χ4v) is 3.56. The zero-order valence-corrected chi connectivity index (χ0v) is 13.5. The standard InChI is InChI=1S/C15H16N6OS/c1-20-7-10(6-17-20)15-19-12(9-23-15)14(22)18-11-2-3-13-16-4-5-21(13)8-11/h4-7,9,11H,2-3,8H2,1H3,(H,18,22). The third-order valence-corrected chi connectivity index (χ3v) is 4.85. The van der Waals surface area contributed by atoms with E-state index in [1.807, 2.05) is 19.4 Å². The molecule has 0 saturated carbocycles. The van der Waals surface area contributed by atoms with Gasteiger partial charge in [0.05, 0.1) is 6.20 Å². The topological polar surface area (TPSA) is 77.6 Å². The number of rotatable bonds is 3. The van der Waals surface area contributed by atoms with Crippen molar-refractivity contribution < 1.29 is 4.79 Å². The van der Waals surface area contributed by atoms with Crippen LogP contribution in [0.5, 0.6) is 0 Å². The minimum Gasteiger partial charge on any atom is -0.346 e. The van der Waals surface area contributed by atoms with E-state index < -0.39 is 0 Å². The number of imidazole rings is 1. The van der Waals surface area contributed by atoms with Crippen molar-refractivity contribution in [2.24, 2.45) is 7.05 Å². The van der Waals surface area contributed by atoms with Gasteiger partial charge in [-0.2, -0.15) is 5.10 Å². The molecule has 0 saturated heterocycles. The molecule has 118 valence electrons. The van der Waals surface area contributed by atoms with E-state index in [1.165, 1.54) is 11.3 Å². The van der Waals surface area contributed by atoms with Crippen LogP contribution in [0, 0.1) is 0 Å². The van der Waals surface area contributed by atoms with E-state index in [0.717, 1.165) is 35.8 Å². The summed E-state index contributed by atoms with van der Waals surface area (Å²) in [7, 11) is 1.86. The lowest BCUT2D eigenvalue weighted by Crippen LogP contribution is -2.41. The predicted octanol–water partition coefficient (Wildman–Crippen LogP) is 1.48. The Morgan fingerprint density at radius 1 is 1.48 bits per heavy atom. The Bertz CT molecular complexity index is 848. The molecule has 0 aromatic carbocycles. The highest BCUT2D eigenvalue weighted by Gasteiger charge is 2.22. The van der Waals surface area contributed by atoms with Gasteiger partial charge in [0.2, 0.25) is 0 Å². The second kappa shape index (κ2) is 5.62. The van der Waals surface area contributed by atoms with Gasteiger partial charge in [0, 0.05) is 55.6 Å². The molecular weight excluding hydrogens is 312 g/mol. The van der Waals surface area contributed by atoms with Gasteiger partial charge in [0.1, 0.15) is 16.5 Å². The van der Waals surface area contributed by atoms with Crippen molar-refractivity contribution in [1.82, 2.24) is 29.6 Å². The summed E-state index contributed by atoms with van der Waals surface area (Å²) in [6, 6.07) is 0.118. The van der Waals surface area contributed by atoms with Crippen molar-refractivity contribution in [1.29, 1.82) is 0 Å². The summed E-state index contributed by atoms with van der Waals surface area (Å²) >= 11 is 1.46. The number of aromatic nitrogens is 5. The van der Waals surface area contributed by atoms with Gasteiger partial charge in [0.25, 0.3) is 5.91 Å². The molecule has 23 heavy (non-hydrogen) atoms. The van der Waals surface area contributed by atoms with E-state index in [0.29, 0.717) is 5.69 Å². The van der Waals surface area contributed by atoms with E-state index >= 15 is 0 Å². The zero-order chi connectivity index (χ0) is 15.8. The van der Waals surface area contributed by atoms with Crippen molar-refractivity contribution in [3.05, 3.63) is 41.7 Å². The first kappa shape index (κ1) is 14.1. The van der Waals surface area contributed by atoms with E-state index in [1.54, 1.807) is 22.5 Å². The molecule has 4 heterocycles. The zero-order valence-electron chi connectivity index (χ0n) is 12.6. The molecule has 8 heteroatoms. The summed E-state index contributed by atoms with van der Waals surface area (Å²) in [6.45, 7) is 0.765. The van der Waals surface area contributed by atoms with Crippen molar-refractivity contribution >= 4 is 17.2 Å². The minimum absolute atomic E-state index is 0.118. The molecule has 0 radical (unpaired) electrons. The van der Waals surface area contributed by atoms with Gasteiger partial charge in [-0.3, -0.25) is 9.48 Å². The summed E-state index contributed by atoms with van der Waals surface area (Å²) in [5.74, 6) is 0.966. The lowest BCUT2D eigenvalue weighted by molar-refractivity contribution is 0.0923. The largest absolute Gasteiger partial charge is 0.346 e. The van der Waals surface area contributed by atoms with Gasteiger partial charge in [-0.05, 0) is 6.42 Å². The Hall–Kier alpha value is -2.48. The summed E-state index contributed by atoms with van der Waals surface area (Å²) in [6.07, 6.45) is 9.19. The molecule has 7 nitrogen and oxygen atoms in total. The van der Waals surface area contributed by atoms with E-state index in [4.69, 9.17) is 0 Å². The highest BCUT2D eigenvalue weighted by atomic mass is 32.1. The number of hydrogen-bond acceptors (Lipinski definition) is 5. The second-order valence-corrected chi connectivity index (χ2v) is 6.50. The maximum Gasteiger partial charge on any atom is 0.271 e. The molecule has 1 unspecified atom stereocenters. The molecule has 0 bridgehead atoms. The van der Waals surface area contributed by atoms with Crippen LogP contribution in [0.25, 0.3) is 10.6 Å². The average Bonchev–Trinajstić information content (AvgIpc) is 3.26. The smallest absolute Gasteiger partial charge is 0.271 e. The van der Waals surface area contributed by atoms with Crippen LogP contribution in [0.15, 0.2) is 30.2 Å². The minimum atomic E-state index is -0.120. The van der Waals surface area contributed by atoms with Gasteiger partial charge in [-0.15, -0.1) is 11.3 Å². The summed E-state index contributed by atoms with van der Waals surface area (Å²) in [5.41, 5.74) is 1.39. The molecular formula is C15H16N6OS. The normalized spacial score (nSPS) is 17.0. The second-order valence-electron chi connectivity index (χ2n) is 5.65. The molecule has 1 amide bonds. The Kier molecular flexibility index (Phi) is 3.45. The van der Waals surface area contributed by atoms with Crippen molar-refractivity contribution in [2.45, 2.75) is 25.4 Å². The van der Waals surface area contributed by atoms with Gasteiger partial charge in [-0.25, -0.2) is 9.97 Å². The predicted molar refractivity (Wildman–Crippen MR) is 86.1 cm³/mol. The van der Waals surface area contributed by atoms with Crippen LogP contribution in [0.3, 0.4) is 0 Å². The van der Waals surface area contributed by atoms with Crippen molar-refractivity contribution in [3.8, 4) is 10.6 Å². The molecule has 1 aliphatic heterocycles. The van der Waals surface area contributed by atoms with E-state index in [-0.39, 0.29) is 11.9 Å². The van der Waals surface area contributed by atoms with Crippen molar-refractivity contribution in [3.63, 3.8) is 0 Å². The first-order chi connectivity index (χ1) is 11.2. The van der Waals surface area contributed by atoms with Crippen LogP contribution in [0.4, 0.5) is 0 Å². The molecule has 3 aromatic rings. The average molecular weight is 328 g/mol. The number of carbonyl (C=O) groups excluding carboxylic acids is 1. The van der Waals surface area contributed by atoms with Crippen LogP contribution >= 0.6 is 11.3 Å². The SMILES string of the molecule is Cn1cc(-c2nc(C(=O)NC3CCc4nccn4C3)cs2)cn1. The molecule has 1 N–H and O–H groups in total. The van der Waals surface area contributed by atoms with Gasteiger partial charge in [0.15, 0.2) is 0 Å². The van der Waals surface area contributed by atoms with Crippen LogP contribution in [0.1, 0.15) is 22.7 Å². The first-order valence-electron chi connectivity index (χ1n) is 7.44. The number of nitrogens with zero attached hydrogens (tertiary/aromatic N) is 5. The van der Waals surface area contributed by atoms with Crippen LogP contribution in [-0.2, 0) is 20.0 Å². The molecule has 1 aliphatic rings. The third-order valence-electron chi connectivity index (χ3n) is 3.96. The quantitative estimate of drug-likeness (QED) is 0.790. The number of hydrogen-bond donors (Lipinski definition) is 1. The number of thiazole rings is 1. The monoisotopic (exact) mass is 328 g/mol. The summed E-state index contributed by atoms with van der Waals surface area (Å²) < 4.78 is 3.82. The number of aryl methyl sites for hydroxylation is 2. The van der Waals surface area contributed by atoms with Gasteiger partial charge < -0.3 is 9.88 Å². The van der Waals surface area contributed by atoms with Gasteiger partial charge in [-0.1, -0.05) is 0 Å². The molecule has 1 atom stereocenters. The lowest BCUT2D eigenvalue weighted by Gasteiger charge is -2.24. The highest BCUT2D eigenvalue weighted by molar-refractivity contribution is 7.13. The maximum absolute atomic E-state index is 12.4. The van der Waals surface area contributed by atoms with Crippen molar-refractivity contribution in [2.75, 3.05) is 0 Å². The first-order valence-corrected chi connectivity index (χ1v) is 8.32. The number of fused-ring (bicyclic) bond motifs is 1. The van der Waals surface area contributed by atoms with Gasteiger partial charge >= 0.3 is 0 Å². The Balaban J connectivity index is 1.45. The van der Waals surface area contributed by atoms with Crippen LogP contribution in [0.2, 0.25) is 0 Å². The molecule has 0 spiro atoms. The molecule has 0 fully saturated rings. The number of amides is 1. The number of carbonyl (C=O) groups is 1. The Morgan fingerprint density at radius 2 is 2.39 bits per heavy atom. The fourth-order valence-electron chi connectivity index (χ4n) is 2.79. The highest BCUT2D eigenvalue weighted by Crippen LogP contribution is 2.23. The fraction of sp³-hybridized carbons (Fsp3) is 0.333. The Labute approximate surface area is 137 Å². The van der Waals surface area contributed by atoms with E-state index in [9.17, 15) is 4.79 Å². The maximum atomic E-state index is 12.4. The third kappa shape index (κ3) is 2.77. The molecule has 4 rings (SSSR count). The molecule has 3 aromatic heterocycles. The van der Waals surface area contributed by atoms with Crippen LogP contribution < -0.4 is 5.32 Å². The summed E-state index contributed by atoms with van der Waals surface area (Å²) in [4.78, 5) is 21.1. The summed E-state index contributed by atoms with van der Waals surface area (Å²) in [5, 5.41) is 9.81. The van der Waals surface area contributed by atoms with E-state index in [2.05, 4.69) is 25.0 Å². The number of nitrogens with one attached hydrogen (secondary N) is 1. The lowest BCUT2D eigenvalue weighted by atomic mass is 10.1.